The molecule has 6 nitrogen and oxygen atoms in total. The Kier molecular flexibility index (Phi) is 6.05. The highest BCUT2D eigenvalue weighted by Crippen LogP contribution is 2.30. The van der Waals surface area contributed by atoms with Crippen LogP contribution in [0.25, 0.3) is 21.3 Å². The van der Waals surface area contributed by atoms with E-state index in [4.69, 9.17) is 16.3 Å². The van der Waals surface area contributed by atoms with Crippen molar-refractivity contribution in [1.82, 2.24) is 14.5 Å². The van der Waals surface area contributed by atoms with Crippen molar-refractivity contribution in [2.45, 2.75) is 23.9 Å². The third-order valence-corrected chi connectivity index (χ3v) is 6.65. The van der Waals surface area contributed by atoms with Crippen LogP contribution in [-0.4, -0.2) is 39.4 Å². The highest BCUT2D eigenvalue weighted by Gasteiger charge is 2.21. The fourth-order valence-electron chi connectivity index (χ4n) is 2.91. The summed E-state index contributed by atoms with van der Waals surface area (Å²) >= 11 is 8.98. The van der Waals surface area contributed by atoms with Gasteiger partial charge >= 0.3 is 0 Å². The summed E-state index contributed by atoms with van der Waals surface area (Å²) in [5, 5.41) is 4.56. The largest absolute Gasteiger partial charge is 0.383 e. The van der Waals surface area contributed by atoms with E-state index in [0.29, 0.717) is 23.3 Å². The van der Waals surface area contributed by atoms with Crippen LogP contribution < -0.4 is 5.32 Å². The van der Waals surface area contributed by atoms with Crippen molar-refractivity contribution in [3.05, 3.63) is 47.5 Å². The second kappa shape index (κ2) is 8.71. The monoisotopic (exact) mass is 446 g/mol. The first-order chi connectivity index (χ1) is 14.0. The van der Waals surface area contributed by atoms with Crippen LogP contribution in [0.3, 0.4) is 0 Å². The number of benzene rings is 2. The molecule has 2 aromatic heterocycles. The Morgan fingerprint density at radius 2 is 2.10 bits per heavy atom. The van der Waals surface area contributed by atoms with Crippen LogP contribution in [0.4, 0.5) is 5.13 Å². The molecule has 0 aliphatic heterocycles. The van der Waals surface area contributed by atoms with Crippen LogP contribution in [0.1, 0.15) is 6.92 Å². The number of ether oxygens (including phenoxy) is 1. The predicted molar refractivity (Wildman–Crippen MR) is 120 cm³/mol. The first kappa shape index (κ1) is 20.2. The summed E-state index contributed by atoms with van der Waals surface area (Å²) in [5.74, 6) is -0.113. The number of anilines is 1. The maximum atomic E-state index is 12.7. The van der Waals surface area contributed by atoms with Crippen LogP contribution >= 0.6 is 34.7 Å². The SMILES string of the molecule is COCCn1c(SC(C)C(=O)Nc2nc3ccccc3s2)nc2cc(Cl)ccc21. The number of thiazole rings is 1. The van der Waals surface area contributed by atoms with E-state index >= 15 is 0 Å². The third kappa shape index (κ3) is 4.40. The van der Waals surface area contributed by atoms with Crippen LogP contribution in [0, 0.1) is 0 Å². The summed E-state index contributed by atoms with van der Waals surface area (Å²) in [5.41, 5.74) is 2.65. The van der Waals surface area contributed by atoms with Gasteiger partial charge in [-0.05, 0) is 37.3 Å². The van der Waals surface area contributed by atoms with Crippen molar-refractivity contribution in [1.29, 1.82) is 0 Å². The number of amides is 1. The molecule has 0 bridgehead atoms. The lowest BCUT2D eigenvalue weighted by Gasteiger charge is -2.12. The Balaban J connectivity index is 1.54. The lowest BCUT2D eigenvalue weighted by molar-refractivity contribution is -0.115. The van der Waals surface area contributed by atoms with Gasteiger partial charge in [-0.2, -0.15) is 0 Å². The number of aromatic nitrogens is 3. The number of hydrogen-bond acceptors (Lipinski definition) is 6. The van der Waals surface area contributed by atoms with Crippen molar-refractivity contribution in [3.63, 3.8) is 0 Å². The van der Waals surface area contributed by atoms with Gasteiger partial charge in [0.1, 0.15) is 0 Å². The number of para-hydroxylation sites is 1. The Bertz CT molecular complexity index is 1140. The van der Waals surface area contributed by atoms with Gasteiger partial charge in [-0.1, -0.05) is 46.8 Å². The minimum Gasteiger partial charge on any atom is -0.383 e. The molecule has 9 heteroatoms. The summed E-state index contributed by atoms with van der Waals surface area (Å²) in [6.45, 7) is 3.05. The lowest BCUT2D eigenvalue weighted by Crippen LogP contribution is -2.23. The molecule has 1 N–H and O–H groups in total. The van der Waals surface area contributed by atoms with Crippen molar-refractivity contribution in [3.8, 4) is 0 Å². The summed E-state index contributed by atoms with van der Waals surface area (Å²) in [6.07, 6.45) is 0. The summed E-state index contributed by atoms with van der Waals surface area (Å²) < 4.78 is 8.33. The molecule has 2 aromatic carbocycles. The third-order valence-electron chi connectivity index (χ3n) is 4.37. The molecule has 0 radical (unpaired) electrons. The van der Waals surface area contributed by atoms with Crippen molar-refractivity contribution >= 4 is 67.0 Å². The smallest absolute Gasteiger partial charge is 0.239 e. The van der Waals surface area contributed by atoms with E-state index in [1.807, 2.05) is 49.4 Å². The van der Waals surface area contributed by atoms with Crippen LogP contribution in [-0.2, 0) is 16.1 Å². The standard InChI is InChI=1S/C20H19ClN4O2S2/c1-12(18(26)24-19-22-14-5-3-4-6-17(14)29-19)28-20-23-15-11-13(21)7-8-16(15)25(20)9-10-27-2/h3-8,11-12H,9-10H2,1-2H3,(H,22,24,26). The lowest BCUT2D eigenvalue weighted by atomic mass is 10.3. The highest BCUT2D eigenvalue weighted by molar-refractivity contribution is 8.00. The second-order valence-corrected chi connectivity index (χ2v) is 9.18. The zero-order valence-electron chi connectivity index (χ0n) is 15.9. The molecular formula is C20H19ClN4O2S2. The number of halogens is 1. The van der Waals surface area contributed by atoms with Gasteiger partial charge in [0.15, 0.2) is 10.3 Å². The molecule has 4 rings (SSSR count). The number of carbonyl (C=O) groups excluding carboxylic acids is 1. The topological polar surface area (TPSA) is 69.0 Å². The van der Waals surface area contributed by atoms with Gasteiger partial charge in [0.05, 0.1) is 33.1 Å². The number of carbonyl (C=O) groups is 1. The predicted octanol–water partition coefficient (Wildman–Crippen LogP) is 5.07. The fourth-order valence-corrected chi connectivity index (χ4v) is 4.90. The van der Waals surface area contributed by atoms with Crippen LogP contribution in [0.15, 0.2) is 47.6 Å². The fraction of sp³-hybridized carbons (Fsp3) is 0.250. The number of fused-ring (bicyclic) bond motifs is 2. The van der Waals surface area contributed by atoms with Crippen molar-refractivity contribution < 1.29 is 9.53 Å². The number of methoxy groups -OCH3 is 1. The molecule has 2 heterocycles. The molecule has 0 aliphatic rings. The van der Waals surface area contributed by atoms with Gasteiger partial charge in [-0.25, -0.2) is 9.97 Å². The van der Waals surface area contributed by atoms with Gasteiger partial charge in [0, 0.05) is 18.7 Å². The second-order valence-electron chi connectivity index (χ2n) is 6.41. The molecule has 4 aromatic rings. The minimum absolute atomic E-state index is 0.113. The van der Waals surface area contributed by atoms with E-state index in [1.165, 1.54) is 23.1 Å². The maximum absolute atomic E-state index is 12.7. The number of nitrogens with one attached hydrogen (secondary N) is 1. The molecule has 1 amide bonds. The highest BCUT2D eigenvalue weighted by atomic mass is 35.5. The number of imidazole rings is 1. The van der Waals surface area contributed by atoms with Crippen molar-refractivity contribution in [2.24, 2.45) is 0 Å². The average Bonchev–Trinajstić information content (AvgIpc) is 3.25. The van der Waals surface area contributed by atoms with Crippen LogP contribution in [0.2, 0.25) is 5.02 Å². The minimum atomic E-state index is -0.351. The molecule has 1 unspecified atom stereocenters. The van der Waals surface area contributed by atoms with Crippen LogP contribution in [0.5, 0.6) is 0 Å². The Hall–Kier alpha value is -2.13. The molecule has 0 saturated heterocycles. The average molecular weight is 447 g/mol. The Labute approximate surface area is 181 Å². The van der Waals surface area contributed by atoms with Gasteiger partial charge < -0.3 is 14.6 Å². The molecular weight excluding hydrogens is 428 g/mol. The van der Waals surface area contributed by atoms with Gasteiger partial charge in [-0.3, -0.25) is 4.79 Å². The maximum Gasteiger partial charge on any atom is 0.239 e. The quantitative estimate of drug-likeness (QED) is 0.401. The van der Waals surface area contributed by atoms with Gasteiger partial charge in [-0.15, -0.1) is 0 Å². The molecule has 1 atom stereocenters. The first-order valence-electron chi connectivity index (χ1n) is 9.03. The molecule has 0 fully saturated rings. The van der Waals surface area contributed by atoms with E-state index < -0.39 is 0 Å². The Morgan fingerprint density at radius 1 is 1.28 bits per heavy atom. The number of nitrogens with zero attached hydrogens (tertiary/aromatic N) is 3. The Morgan fingerprint density at radius 3 is 2.90 bits per heavy atom. The van der Waals surface area contributed by atoms with E-state index in [0.717, 1.165) is 26.4 Å². The summed E-state index contributed by atoms with van der Waals surface area (Å²) in [4.78, 5) is 21.9. The van der Waals surface area contributed by atoms with Gasteiger partial charge in [0.2, 0.25) is 5.91 Å². The van der Waals surface area contributed by atoms with E-state index in [1.54, 1.807) is 7.11 Å². The zero-order chi connectivity index (χ0) is 20.4. The van der Waals surface area contributed by atoms with E-state index in [-0.39, 0.29) is 11.2 Å². The number of thioether (sulfide) groups is 1. The van der Waals surface area contributed by atoms with Crippen molar-refractivity contribution in [2.75, 3.05) is 19.0 Å². The number of hydrogen-bond donors (Lipinski definition) is 1. The molecule has 29 heavy (non-hydrogen) atoms. The molecule has 150 valence electrons. The first-order valence-corrected chi connectivity index (χ1v) is 11.1. The number of rotatable bonds is 7. The molecule has 0 saturated carbocycles. The van der Waals surface area contributed by atoms with Gasteiger partial charge in [0.25, 0.3) is 0 Å². The molecule has 0 aliphatic carbocycles. The van der Waals surface area contributed by atoms with E-state index in [9.17, 15) is 4.79 Å². The zero-order valence-corrected chi connectivity index (χ0v) is 18.3. The van der Waals surface area contributed by atoms with E-state index in [2.05, 4.69) is 19.9 Å². The normalized spacial score (nSPS) is 12.5. The summed E-state index contributed by atoms with van der Waals surface area (Å²) in [7, 11) is 1.66. The molecule has 0 spiro atoms. The summed E-state index contributed by atoms with van der Waals surface area (Å²) in [6, 6.07) is 13.4.